The first-order chi connectivity index (χ1) is 8.96. The molecule has 108 valence electrons. The second-order valence-electron chi connectivity index (χ2n) is 7.23. The highest BCUT2D eigenvalue weighted by Gasteiger charge is 2.71. The lowest BCUT2D eigenvalue weighted by molar-refractivity contribution is -0.326. The predicted molar refractivity (Wildman–Crippen MR) is 68.0 cm³/mol. The quantitative estimate of drug-likeness (QED) is 0.732. The third kappa shape index (κ3) is 1.44. The van der Waals surface area contributed by atoms with Gasteiger partial charge >= 0.3 is 0 Å². The van der Waals surface area contributed by atoms with E-state index >= 15 is 0 Å². The second-order valence-corrected chi connectivity index (χ2v) is 7.23. The molecular formula is C15H24O4. The van der Waals surface area contributed by atoms with Gasteiger partial charge in [0, 0.05) is 18.3 Å². The van der Waals surface area contributed by atoms with Crippen molar-refractivity contribution < 1.29 is 19.3 Å². The smallest absolute Gasteiger partial charge is 0.193 e. The van der Waals surface area contributed by atoms with Gasteiger partial charge in [0.2, 0.25) is 0 Å². The predicted octanol–water partition coefficient (Wildman–Crippen LogP) is 2.26. The topological polar surface area (TPSA) is 47.9 Å². The number of ether oxygens (including phenoxy) is 3. The maximum absolute atomic E-state index is 10.1. The van der Waals surface area contributed by atoms with E-state index in [0.29, 0.717) is 17.8 Å². The summed E-state index contributed by atoms with van der Waals surface area (Å²) in [5.41, 5.74) is -0.316. The van der Waals surface area contributed by atoms with E-state index in [1.54, 1.807) is 0 Å². The van der Waals surface area contributed by atoms with Crippen LogP contribution in [0.1, 0.15) is 46.5 Å². The molecule has 4 fully saturated rings. The molecule has 0 radical (unpaired) electrons. The van der Waals surface area contributed by atoms with Crippen molar-refractivity contribution in [2.75, 3.05) is 0 Å². The molecule has 3 saturated heterocycles. The molecule has 3 heterocycles. The van der Waals surface area contributed by atoms with Crippen LogP contribution in [0.3, 0.4) is 0 Å². The van der Waals surface area contributed by atoms with Gasteiger partial charge < -0.3 is 19.3 Å². The van der Waals surface area contributed by atoms with Gasteiger partial charge in [-0.15, -0.1) is 0 Å². The minimum absolute atomic E-state index is 0.121. The van der Waals surface area contributed by atoms with Crippen LogP contribution < -0.4 is 0 Å². The largest absolute Gasteiger partial charge is 0.368 e. The molecule has 1 saturated carbocycles. The van der Waals surface area contributed by atoms with Gasteiger partial charge in [-0.05, 0) is 38.0 Å². The molecule has 1 spiro atoms. The zero-order valence-corrected chi connectivity index (χ0v) is 12.0. The molecule has 2 bridgehead atoms. The van der Waals surface area contributed by atoms with Gasteiger partial charge in [0.25, 0.3) is 0 Å². The Bertz CT molecular complexity index is 400. The van der Waals surface area contributed by atoms with E-state index in [9.17, 15) is 5.11 Å². The number of hydrogen-bond donors (Lipinski definition) is 1. The molecule has 4 heteroatoms. The summed E-state index contributed by atoms with van der Waals surface area (Å²) in [7, 11) is 0. The van der Waals surface area contributed by atoms with Crippen molar-refractivity contribution in [2.24, 2.45) is 23.7 Å². The molecule has 4 nitrogen and oxygen atoms in total. The molecule has 1 N–H and O–H groups in total. The van der Waals surface area contributed by atoms with Gasteiger partial charge in [-0.1, -0.05) is 13.8 Å². The van der Waals surface area contributed by atoms with E-state index < -0.39 is 12.1 Å². The third-order valence-corrected chi connectivity index (χ3v) is 6.15. The first-order valence-electron chi connectivity index (χ1n) is 7.68. The van der Waals surface area contributed by atoms with Crippen molar-refractivity contribution in [3.63, 3.8) is 0 Å². The Balaban J connectivity index is 1.81. The lowest BCUT2D eigenvalue weighted by Gasteiger charge is -2.57. The van der Waals surface area contributed by atoms with Gasteiger partial charge in [-0.25, -0.2) is 0 Å². The van der Waals surface area contributed by atoms with Gasteiger partial charge in [0.1, 0.15) is 5.60 Å². The van der Waals surface area contributed by atoms with Gasteiger partial charge in [0.05, 0.1) is 0 Å². The molecule has 0 amide bonds. The van der Waals surface area contributed by atoms with E-state index in [1.165, 1.54) is 6.42 Å². The number of hydrogen-bond acceptors (Lipinski definition) is 4. The lowest BCUT2D eigenvalue weighted by atomic mass is 9.57. The maximum Gasteiger partial charge on any atom is 0.193 e. The third-order valence-electron chi connectivity index (χ3n) is 6.15. The molecule has 0 aromatic rings. The number of aliphatic hydroxyl groups is 1. The first kappa shape index (κ1) is 12.6. The Morgan fingerprint density at radius 3 is 2.68 bits per heavy atom. The van der Waals surface area contributed by atoms with Crippen LogP contribution in [-0.2, 0) is 14.2 Å². The molecule has 3 aliphatic heterocycles. The highest BCUT2D eigenvalue weighted by atomic mass is 16.9. The standard InChI is InChI=1S/C15H24O4/c1-8-4-5-11-9(2)12(16)17-13-15(11)10(8)6-7-14(3,18-13)19-15/h8-13,16H,4-7H2,1-3H3/t8-,9-,10+,11+,12+,13-,14?,15-/m1/s1. The van der Waals surface area contributed by atoms with Crippen LogP contribution >= 0.6 is 0 Å². The Morgan fingerprint density at radius 1 is 1.11 bits per heavy atom. The number of aliphatic hydroxyl groups excluding tert-OH is 1. The summed E-state index contributed by atoms with van der Waals surface area (Å²) >= 11 is 0. The molecular weight excluding hydrogens is 244 g/mol. The first-order valence-corrected chi connectivity index (χ1v) is 7.68. The van der Waals surface area contributed by atoms with Crippen molar-refractivity contribution in [1.29, 1.82) is 0 Å². The van der Waals surface area contributed by atoms with Gasteiger partial charge in [-0.3, -0.25) is 0 Å². The molecule has 1 unspecified atom stereocenters. The van der Waals surface area contributed by atoms with Crippen molar-refractivity contribution in [2.45, 2.75) is 70.4 Å². The molecule has 4 rings (SSSR count). The van der Waals surface area contributed by atoms with Crippen molar-refractivity contribution in [3.05, 3.63) is 0 Å². The molecule has 0 aromatic carbocycles. The monoisotopic (exact) mass is 268 g/mol. The zero-order chi connectivity index (χ0) is 13.4. The Kier molecular flexibility index (Phi) is 2.47. The second kappa shape index (κ2) is 3.73. The number of rotatable bonds is 0. The van der Waals surface area contributed by atoms with Gasteiger partial charge in [0.15, 0.2) is 18.4 Å². The van der Waals surface area contributed by atoms with E-state index in [4.69, 9.17) is 14.2 Å². The van der Waals surface area contributed by atoms with Crippen molar-refractivity contribution >= 4 is 0 Å². The molecule has 0 aromatic heterocycles. The summed E-state index contributed by atoms with van der Waals surface area (Å²) in [5.74, 6) is 1.11. The van der Waals surface area contributed by atoms with Gasteiger partial charge in [-0.2, -0.15) is 0 Å². The van der Waals surface area contributed by atoms with E-state index in [-0.39, 0.29) is 17.8 Å². The number of fused-ring (bicyclic) bond motifs is 1. The Morgan fingerprint density at radius 2 is 1.89 bits per heavy atom. The molecule has 8 atom stereocenters. The minimum Gasteiger partial charge on any atom is -0.368 e. The highest BCUT2D eigenvalue weighted by molar-refractivity contribution is 5.12. The van der Waals surface area contributed by atoms with Crippen LogP contribution in [-0.4, -0.2) is 29.1 Å². The van der Waals surface area contributed by atoms with E-state index in [2.05, 4.69) is 13.8 Å². The lowest BCUT2D eigenvalue weighted by Crippen LogP contribution is -2.66. The average molecular weight is 268 g/mol. The summed E-state index contributed by atoms with van der Waals surface area (Å²) in [6.07, 6.45) is 3.30. The van der Waals surface area contributed by atoms with Crippen molar-refractivity contribution in [1.82, 2.24) is 0 Å². The van der Waals surface area contributed by atoms with Crippen LogP contribution in [0.25, 0.3) is 0 Å². The van der Waals surface area contributed by atoms with Crippen LogP contribution in [0.5, 0.6) is 0 Å². The fraction of sp³-hybridized carbons (Fsp3) is 1.00. The Hall–Kier alpha value is -0.160. The van der Waals surface area contributed by atoms with Crippen LogP contribution in [0, 0.1) is 23.7 Å². The SMILES string of the molecule is C[C@H]1[C@@H](O)O[C@@H]2OC3(C)CC[C@H]4[C@H](C)CC[C@@H]1[C@@]24O3. The van der Waals surface area contributed by atoms with Crippen LogP contribution in [0.15, 0.2) is 0 Å². The minimum atomic E-state index is -0.721. The van der Waals surface area contributed by atoms with Crippen LogP contribution in [0.2, 0.25) is 0 Å². The normalized spacial score (nSPS) is 63.8. The van der Waals surface area contributed by atoms with Crippen molar-refractivity contribution in [3.8, 4) is 0 Å². The maximum atomic E-state index is 10.1. The summed E-state index contributed by atoms with van der Waals surface area (Å²) in [5, 5.41) is 10.1. The zero-order valence-electron chi connectivity index (χ0n) is 12.0. The summed E-state index contributed by atoms with van der Waals surface area (Å²) in [6, 6.07) is 0. The Labute approximate surface area is 114 Å². The molecule has 1 aliphatic carbocycles. The fourth-order valence-corrected chi connectivity index (χ4v) is 5.15. The fourth-order valence-electron chi connectivity index (χ4n) is 5.15. The van der Waals surface area contributed by atoms with Crippen LogP contribution in [0.4, 0.5) is 0 Å². The highest BCUT2D eigenvalue weighted by Crippen LogP contribution is 2.63. The summed E-state index contributed by atoms with van der Waals surface area (Å²) in [4.78, 5) is 0. The summed E-state index contributed by atoms with van der Waals surface area (Å²) < 4.78 is 18.3. The summed E-state index contributed by atoms with van der Waals surface area (Å²) in [6.45, 7) is 6.43. The molecule has 19 heavy (non-hydrogen) atoms. The molecule has 4 aliphatic rings. The average Bonchev–Trinajstić information content (AvgIpc) is 2.56. The van der Waals surface area contributed by atoms with E-state index in [0.717, 1.165) is 19.3 Å². The van der Waals surface area contributed by atoms with E-state index in [1.807, 2.05) is 6.92 Å².